The van der Waals surface area contributed by atoms with E-state index in [2.05, 4.69) is 30.8 Å². The first kappa shape index (κ1) is 23.1. The van der Waals surface area contributed by atoms with Gasteiger partial charge in [-0.1, -0.05) is 29.8 Å². The molecule has 0 saturated heterocycles. The number of amides is 1. The van der Waals surface area contributed by atoms with Crippen molar-refractivity contribution >= 4 is 40.3 Å². The van der Waals surface area contributed by atoms with Crippen molar-refractivity contribution in [2.75, 3.05) is 12.4 Å². The van der Waals surface area contributed by atoms with Gasteiger partial charge in [0.2, 0.25) is 0 Å². The first-order valence-electron chi connectivity index (χ1n) is 10.2. The van der Waals surface area contributed by atoms with E-state index in [9.17, 15) is 14.0 Å². The lowest BCUT2D eigenvalue weighted by molar-refractivity contribution is 0.0599. The molecule has 11 heteroatoms. The van der Waals surface area contributed by atoms with Crippen LogP contribution in [-0.4, -0.2) is 39.2 Å². The van der Waals surface area contributed by atoms with Crippen LogP contribution in [0, 0.1) is 12.7 Å². The van der Waals surface area contributed by atoms with Crippen LogP contribution in [0.3, 0.4) is 0 Å². The van der Waals surface area contributed by atoms with Crippen LogP contribution >= 0.6 is 11.6 Å². The highest BCUT2D eigenvalue weighted by molar-refractivity contribution is 6.30. The summed E-state index contributed by atoms with van der Waals surface area (Å²) in [4.78, 5) is 32.8. The number of rotatable bonds is 7. The summed E-state index contributed by atoms with van der Waals surface area (Å²) in [5.74, 6) is -0.912. The van der Waals surface area contributed by atoms with Crippen molar-refractivity contribution in [2.45, 2.75) is 20.0 Å². The fourth-order valence-corrected chi connectivity index (χ4v) is 3.61. The van der Waals surface area contributed by atoms with E-state index in [-0.39, 0.29) is 23.2 Å². The number of benzene rings is 2. The van der Waals surface area contributed by atoms with Crippen molar-refractivity contribution < 1.29 is 18.7 Å². The number of H-pyrrole nitrogens is 1. The van der Waals surface area contributed by atoms with Gasteiger partial charge in [-0.15, -0.1) is 0 Å². The summed E-state index contributed by atoms with van der Waals surface area (Å²) in [5, 5.41) is 12.9. The van der Waals surface area contributed by atoms with E-state index in [0.29, 0.717) is 34.5 Å². The van der Waals surface area contributed by atoms with Gasteiger partial charge in [-0.05, 0) is 41.8 Å². The Bertz CT molecular complexity index is 1390. The quantitative estimate of drug-likeness (QED) is 0.342. The first-order valence-corrected chi connectivity index (χ1v) is 10.6. The number of hydrogen-bond acceptors (Lipinski definition) is 7. The van der Waals surface area contributed by atoms with Crippen LogP contribution in [0.2, 0.25) is 5.02 Å². The average Bonchev–Trinajstić information content (AvgIpc) is 3.26. The summed E-state index contributed by atoms with van der Waals surface area (Å²) in [6.45, 7) is 2.39. The van der Waals surface area contributed by atoms with Crippen molar-refractivity contribution in [3.8, 4) is 0 Å². The van der Waals surface area contributed by atoms with Crippen molar-refractivity contribution in [3.63, 3.8) is 0 Å². The number of hydrogen-bond donors (Lipinski definition) is 3. The monoisotopic (exact) mass is 482 g/mol. The summed E-state index contributed by atoms with van der Waals surface area (Å²) in [7, 11) is 1.34. The Balaban J connectivity index is 1.47. The zero-order valence-electron chi connectivity index (χ0n) is 18.3. The van der Waals surface area contributed by atoms with Gasteiger partial charge in [0.05, 0.1) is 17.7 Å². The highest BCUT2D eigenvalue weighted by Gasteiger charge is 2.17. The lowest BCUT2D eigenvalue weighted by atomic mass is 10.1. The molecule has 0 aliphatic rings. The number of aryl methyl sites for hydroxylation is 1. The first-order chi connectivity index (χ1) is 16.4. The van der Waals surface area contributed by atoms with Crippen molar-refractivity contribution in [1.29, 1.82) is 0 Å². The second-order valence-corrected chi connectivity index (χ2v) is 7.85. The van der Waals surface area contributed by atoms with Gasteiger partial charge < -0.3 is 15.4 Å². The molecule has 0 unspecified atom stereocenters. The maximum atomic E-state index is 13.3. The minimum Gasteiger partial charge on any atom is -0.465 e. The molecule has 174 valence electrons. The average molecular weight is 483 g/mol. The van der Waals surface area contributed by atoms with Crippen LogP contribution in [0.25, 0.3) is 11.0 Å². The number of aromatic amines is 1. The van der Waals surface area contributed by atoms with E-state index < -0.39 is 11.7 Å². The normalized spacial score (nSPS) is 10.8. The van der Waals surface area contributed by atoms with Crippen molar-refractivity contribution in [3.05, 3.63) is 81.5 Å². The summed E-state index contributed by atoms with van der Waals surface area (Å²) in [5.41, 5.74) is 3.81. The minimum absolute atomic E-state index is 0.0180. The lowest BCUT2D eigenvalue weighted by Gasteiger charge is -2.08. The van der Waals surface area contributed by atoms with Crippen molar-refractivity contribution in [1.82, 2.24) is 25.5 Å². The largest absolute Gasteiger partial charge is 0.465 e. The highest BCUT2D eigenvalue weighted by atomic mass is 35.5. The van der Waals surface area contributed by atoms with Crippen LogP contribution in [-0.2, 0) is 17.8 Å². The fourth-order valence-electron chi connectivity index (χ4n) is 3.41. The number of fused-ring (bicyclic) bond motifs is 1. The summed E-state index contributed by atoms with van der Waals surface area (Å²) in [6, 6.07) is 9.63. The second-order valence-electron chi connectivity index (χ2n) is 7.44. The number of anilines is 1. The van der Waals surface area contributed by atoms with Crippen LogP contribution in [0.15, 0.2) is 42.7 Å². The maximum absolute atomic E-state index is 13.3. The molecule has 0 fully saturated rings. The third kappa shape index (κ3) is 4.81. The predicted molar refractivity (Wildman–Crippen MR) is 124 cm³/mol. The summed E-state index contributed by atoms with van der Waals surface area (Å²) < 4.78 is 18.1. The molecule has 0 atom stereocenters. The van der Waals surface area contributed by atoms with Gasteiger partial charge in [-0.2, -0.15) is 5.10 Å². The number of ether oxygens (including phenoxy) is 1. The van der Waals surface area contributed by atoms with Gasteiger partial charge in [-0.3, -0.25) is 9.89 Å². The van der Waals surface area contributed by atoms with Crippen LogP contribution in [0.5, 0.6) is 0 Å². The number of carbonyl (C=O) groups is 2. The Hall–Kier alpha value is -4.05. The van der Waals surface area contributed by atoms with Gasteiger partial charge in [0.25, 0.3) is 5.91 Å². The van der Waals surface area contributed by atoms with Gasteiger partial charge in [0, 0.05) is 13.1 Å². The van der Waals surface area contributed by atoms with E-state index in [1.165, 1.54) is 31.6 Å². The van der Waals surface area contributed by atoms with Gasteiger partial charge in [-0.25, -0.2) is 19.2 Å². The van der Waals surface area contributed by atoms with Gasteiger partial charge in [0.15, 0.2) is 11.5 Å². The minimum atomic E-state index is -0.527. The lowest BCUT2D eigenvalue weighted by Crippen LogP contribution is -2.24. The Morgan fingerprint density at radius 1 is 1.12 bits per heavy atom. The molecular weight excluding hydrogens is 463 g/mol. The molecule has 4 aromatic rings. The van der Waals surface area contributed by atoms with Gasteiger partial charge >= 0.3 is 5.97 Å². The Kier molecular flexibility index (Phi) is 6.69. The van der Waals surface area contributed by atoms with E-state index >= 15 is 0 Å². The van der Waals surface area contributed by atoms with Crippen LogP contribution < -0.4 is 10.6 Å². The number of aromatic nitrogens is 4. The Morgan fingerprint density at radius 2 is 1.88 bits per heavy atom. The smallest absolute Gasteiger partial charge is 0.338 e. The molecule has 0 radical (unpaired) electrons. The number of methoxy groups -OCH3 is 1. The zero-order chi connectivity index (χ0) is 24.2. The highest BCUT2D eigenvalue weighted by Crippen LogP contribution is 2.21. The molecule has 2 aromatic carbocycles. The fraction of sp³-hybridized carbons (Fsp3) is 0.174. The molecule has 0 bridgehead atoms. The third-order valence-electron chi connectivity index (χ3n) is 5.16. The number of carbonyl (C=O) groups excluding carboxylic acids is 2. The molecule has 9 nitrogen and oxygen atoms in total. The molecule has 0 spiro atoms. The predicted octanol–water partition coefficient (Wildman–Crippen LogP) is 3.78. The Labute approximate surface area is 198 Å². The molecule has 2 heterocycles. The third-order valence-corrected chi connectivity index (χ3v) is 5.45. The van der Waals surface area contributed by atoms with Crippen LogP contribution in [0.4, 0.5) is 10.2 Å². The van der Waals surface area contributed by atoms with Crippen molar-refractivity contribution in [2.24, 2.45) is 0 Å². The van der Waals surface area contributed by atoms with E-state index in [4.69, 9.17) is 16.3 Å². The molecule has 4 rings (SSSR count). The Morgan fingerprint density at radius 3 is 2.62 bits per heavy atom. The molecule has 0 aliphatic carbocycles. The van der Waals surface area contributed by atoms with Gasteiger partial charge in [0.1, 0.15) is 23.2 Å². The molecule has 3 N–H and O–H groups in total. The molecule has 34 heavy (non-hydrogen) atoms. The number of nitrogens with zero attached hydrogens (tertiary/aromatic N) is 3. The molecule has 0 saturated carbocycles. The van der Waals surface area contributed by atoms with E-state index in [1.807, 2.05) is 19.1 Å². The number of halogens is 2. The zero-order valence-corrected chi connectivity index (χ0v) is 19.0. The number of nitrogens with one attached hydrogen (secondary N) is 3. The second kappa shape index (κ2) is 9.84. The molecule has 2 aromatic heterocycles. The topological polar surface area (TPSA) is 122 Å². The summed E-state index contributed by atoms with van der Waals surface area (Å²) >= 11 is 5.79. The van der Waals surface area contributed by atoms with E-state index in [0.717, 1.165) is 11.1 Å². The standard InChI is InChI=1S/C23H20ClFN6O3/c1-12-7-13(3-5-15(12)23(33)34-2)9-26-21-19-18(30-31-21)20(29-11-28-19)22(32)27-10-14-4-6-17(25)16(24)8-14/h3-8,11H,9-10H2,1-2H3,(H,27,32)(H2,26,30,31). The van der Waals surface area contributed by atoms with E-state index in [1.54, 1.807) is 6.07 Å². The molecule has 0 aliphatic heterocycles. The number of esters is 1. The van der Waals surface area contributed by atoms with Crippen LogP contribution in [0.1, 0.15) is 37.5 Å². The maximum Gasteiger partial charge on any atom is 0.338 e. The molecular formula is C23H20ClFN6O3. The summed E-state index contributed by atoms with van der Waals surface area (Å²) in [6.07, 6.45) is 1.28. The molecule has 1 amide bonds. The SMILES string of the molecule is COC(=O)c1ccc(CNc2n[nH]c3c(C(=O)NCc4ccc(F)c(Cl)c4)ncnc23)cc1C.